The van der Waals surface area contributed by atoms with E-state index in [4.69, 9.17) is 32.7 Å². The number of pyridine rings is 2. The van der Waals surface area contributed by atoms with Crippen LogP contribution in [0.1, 0.15) is 71.6 Å². The van der Waals surface area contributed by atoms with Gasteiger partial charge in [0.15, 0.2) is 0 Å². The van der Waals surface area contributed by atoms with Gasteiger partial charge >= 0.3 is 11.9 Å². The van der Waals surface area contributed by atoms with Crippen molar-refractivity contribution in [3.8, 4) is 0 Å². The van der Waals surface area contributed by atoms with Crippen molar-refractivity contribution in [2.24, 2.45) is 0 Å². The first-order valence-electron chi connectivity index (χ1n) is 8.94. The van der Waals surface area contributed by atoms with Gasteiger partial charge in [0.2, 0.25) is 0 Å². The molecular weight excluding hydrogens is 403 g/mol. The molecule has 6 nitrogen and oxygen atoms in total. The minimum Gasteiger partial charge on any atom is -0.458 e. The van der Waals surface area contributed by atoms with E-state index in [0.717, 1.165) is 11.4 Å². The van der Waals surface area contributed by atoms with Gasteiger partial charge in [0, 0.05) is 11.8 Å². The maximum Gasteiger partial charge on any atom is 0.340 e. The van der Waals surface area contributed by atoms with Gasteiger partial charge in [-0.05, 0) is 38.1 Å². The molecule has 0 fully saturated rings. The molecule has 148 valence electrons. The van der Waals surface area contributed by atoms with Gasteiger partial charge in [0.25, 0.3) is 0 Å². The number of nitrogens with zero attached hydrogens (tertiary/aromatic N) is 2. The summed E-state index contributed by atoms with van der Waals surface area (Å²) in [5.41, 5.74) is 2.53. The van der Waals surface area contributed by atoms with Crippen LogP contribution in [-0.4, -0.2) is 34.1 Å². The molecule has 4 rings (SSSR count). The first-order chi connectivity index (χ1) is 13.2. The highest BCUT2D eigenvalue weighted by Crippen LogP contribution is 2.31. The number of fused-ring (bicyclic) bond motifs is 2. The van der Waals surface area contributed by atoms with E-state index in [2.05, 4.69) is 9.97 Å². The predicted octanol–water partition coefficient (Wildman–Crippen LogP) is 4.79. The molecule has 0 radical (unpaired) electrons. The Kier molecular flexibility index (Phi) is 5.91. The standard InChI is InChI=1S/2C10H10ClNO2/c2*1-5-6(2)14-10(13)7-3-4-8(11)12-9(5)7/h2*3-6H,1-2H3/t2*5-,6+/m10/s1. The number of ether oxygens (including phenoxy) is 2. The summed E-state index contributed by atoms with van der Waals surface area (Å²) < 4.78 is 10.3. The molecule has 8 heteroatoms. The largest absolute Gasteiger partial charge is 0.458 e. The first-order valence-corrected chi connectivity index (χ1v) is 9.69. The lowest BCUT2D eigenvalue weighted by atomic mass is 9.94. The van der Waals surface area contributed by atoms with Crippen molar-refractivity contribution in [2.75, 3.05) is 0 Å². The number of esters is 2. The predicted molar refractivity (Wildman–Crippen MR) is 105 cm³/mol. The van der Waals surface area contributed by atoms with Crippen LogP contribution in [0.4, 0.5) is 0 Å². The van der Waals surface area contributed by atoms with Crippen molar-refractivity contribution in [1.82, 2.24) is 9.97 Å². The van der Waals surface area contributed by atoms with Crippen molar-refractivity contribution < 1.29 is 19.1 Å². The number of aromatic nitrogens is 2. The average molecular weight is 423 g/mol. The van der Waals surface area contributed by atoms with E-state index in [9.17, 15) is 9.59 Å². The lowest BCUT2D eigenvalue weighted by Crippen LogP contribution is -2.29. The SMILES string of the molecule is C[C@@H]1OC(=O)c2ccc(Cl)nc2[C@@H]1C.C[C@@H]1c2nc(Cl)ccc2C(=O)O[C@@H]1C. The van der Waals surface area contributed by atoms with Gasteiger partial charge in [-0.15, -0.1) is 0 Å². The molecule has 0 aliphatic carbocycles. The Balaban J connectivity index is 0.000000161. The summed E-state index contributed by atoms with van der Waals surface area (Å²) >= 11 is 11.5. The second-order valence-electron chi connectivity index (χ2n) is 6.93. The van der Waals surface area contributed by atoms with Gasteiger partial charge in [-0.1, -0.05) is 37.0 Å². The molecule has 0 bridgehead atoms. The quantitative estimate of drug-likeness (QED) is 0.448. The van der Waals surface area contributed by atoms with E-state index in [-0.39, 0.29) is 36.0 Å². The molecule has 2 aromatic heterocycles. The smallest absolute Gasteiger partial charge is 0.340 e. The van der Waals surface area contributed by atoms with Crippen molar-refractivity contribution in [3.63, 3.8) is 0 Å². The Labute approximate surface area is 173 Å². The van der Waals surface area contributed by atoms with Crippen LogP contribution in [0.5, 0.6) is 0 Å². The number of rotatable bonds is 0. The molecule has 0 aromatic carbocycles. The van der Waals surface area contributed by atoms with E-state index < -0.39 is 0 Å². The fraction of sp³-hybridized carbons (Fsp3) is 0.400. The maximum atomic E-state index is 11.4. The first kappa shape index (κ1) is 20.6. The molecule has 4 heterocycles. The van der Waals surface area contributed by atoms with Crippen molar-refractivity contribution >= 4 is 35.1 Å². The van der Waals surface area contributed by atoms with Crippen molar-refractivity contribution in [2.45, 2.75) is 51.7 Å². The summed E-state index contributed by atoms with van der Waals surface area (Å²) in [5, 5.41) is 0.829. The third-order valence-corrected chi connectivity index (χ3v) is 5.50. The van der Waals surface area contributed by atoms with E-state index in [1.54, 1.807) is 24.3 Å². The lowest BCUT2D eigenvalue weighted by molar-refractivity contribution is 0.0225. The number of hydrogen-bond donors (Lipinski definition) is 0. The summed E-state index contributed by atoms with van der Waals surface area (Å²) in [6.45, 7) is 7.65. The monoisotopic (exact) mass is 422 g/mol. The van der Waals surface area contributed by atoms with Gasteiger partial charge in [-0.2, -0.15) is 0 Å². The number of cyclic esters (lactones) is 2. The molecule has 2 aliphatic heterocycles. The minimum absolute atomic E-state index is 0.0985. The minimum atomic E-state index is -0.310. The third-order valence-electron chi connectivity index (χ3n) is 5.08. The third kappa shape index (κ3) is 3.98. The lowest BCUT2D eigenvalue weighted by Gasteiger charge is -2.26. The maximum absolute atomic E-state index is 11.4. The molecule has 0 saturated carbocycles. The Morgan fingerprint density at radius 1 is 0.714 bits per heavy atom. The highest BCUT2D eigenvalue weighted by Gasteiger charge is 2.32. The van der Waals surface area contributed by atoms with Gasteiger partial charge in [0.05, 0.1) is 22.5 Å². The van der Waals surface area contributed by atoms with E-state index in [0.29, 0.717) is 21.4 Å². The molecule has 2 aromatic rings. The van der Waals surface area contributed by atoms with Crippen LogP contribution >= 0.6 is 23.2 Å². The Bertz CT molecular complexity index is 859. The molecule has 0 N–H and O–H groups in total. The molecule has 0 saturated heterocycles. The topological polar surface area (TPSA) is 78.4 Å². The Morgan fingerprint density at radius 2 is 1.07 bits per heavy atom. The second-order valence-corrected chi connectivity index (χ2v) is 7.71. The molecule has 4 atom stereocenters. The summed E-state index contributed by atoms with van der Waals surface area (Å²) in [6, 6.07) is 6.53. The van der Waals surface area contributed by atoms with Gasteiger partial charge in [-0.25, -0.2) is 19.6 Å². The zero-order valence-electron chi connectivity index (χ0n) is 15.9. The fourth-order valence-corrected chi connectivity index (χ4v) is 3.36. The normalized spacial score (nSPS) is 25.5. The highest BCUT2D eigenvalue weighted by atomic mass is 35.5. The van der Waals surface area contributed by atoms with Crippen LogP contribution in [0.15, 0.2) is 24.3 Å². The van der Waals surface area contributed by atoms with Crippen molar-refractivity contribution in [3.05, 3.63) is 57.1 Å². The van der Waals surface area contributed by atoms with Gasteiger partial charge in [0.1, 0.15) is 22.5 Å². The number of carbonyl (C=O) groups excluding carboxylic acids is 2. The molecule has 0 spiro atoms. The van der Waals surface area contributed by atoms with Crippen LogP contribution in [0.2, 0.25) is 10.3 Å². The van der Waals surface area contributed by atoms with E-state index in [1.807, 2.05) is 27.7 Å². The zero-order chi connectivity index (χ0) is 20.6. The second kappa shape index (κ2) is 8.05. The van der Waals surface area contributed by atoms with Crippen LogP contribution in [0.25, 0.3) is 0 Å². The summed E-state index contributed by atoms with van der Waals surface area (Å²) in [7, 11) is 0. The fourth-order valence-electron chi connectivity index (χ4n) is 3.05. The Hall–Kier alpha value is -2.18. The van der Waals surface area contributed by atoms with Crippen molar-refractivity contribution in [1.29, 1.82) is 0 Å². The van der Waals surface area contributed by atoms with E-state index in [1.165, 1.54) is 0 Å². The number of hydrogen-bond acceptors (Lipinski definition) is 6. The van der Waals surface area contributed by atoms with Gasteiger partial charge in [-0.3, -0.25) is 0 Å². The molecular formula is C20H20Cl2N2O4. The summed E-state index contributed by atoms with van der Waals surface area (Å²) in [5.74, 6) is -0.424. The molecule has 28 heavy (non-hydrogen) atoms. The zero-order valence-corrected chi connectivity index (χ0v) is 17.4. The average Bonchev–Trinajstić information content (AvgIpc) is 2.64. The molecule has 2 aliphatic rings. The molecule has 0 amide bonds. The van der Waals surface area contributed by atoms with Crippen LogP contribution in [0.3, 0.4) is 0 Å². The summed E-state index contributed by atoms with van der Waals surface area (Å²) in [4.78, 5) is 31.2. The summed E-state index contributed by atoms with van der Waals surface area (Å²) in [6.07, 6.45) is -0.276. The van der Waals surface area contributed by atoms with Crippen LogP contribution < -0.4 is 0 Å². The van der Waals surface area contributed by atoms with Crippen LogP contribution in [0, 0.1) is 0 Å². The molecule has 0 unspecified atom stereocenters. The number of carbonyl (C=O) groups is 2. The Morgan fingerprint density at radius 3 is 1.43 bits per heavy atom. The highest BCUT2D eigenvalue weighted by molar-refractivity contribution is 6.29. The van der Waals surface area contributed by atoms with Crippen LogP contribution in [-0.2, 0) is 9.47 Å². The van der Waals surface area contributed by atoms with Gasteiger partial charge < -0.3 is 9.47 Å². The van der Waals surface area contributed by atoms with E-state index >= 15 is 0 Å². The number of halogens is 2.